The van der Waals surface area contributed by atoms with E-state index >= 15 is 0 Å². The normalized spacial score (nSPS) is 12.3. The maximum absolute atomic E-state index is 6.65. The van der Waals surface area contributed by atoms with Crippen LogP contribution >= 0.6 is 0 Å². The van der Waals surface area contributed by atoms with E-state index in [0.717, 1.165) is 94.3 Å². The first-order valence-corrected chi connectivity index (χ1v) is 18.6. The van der Waals surface area contributed by atoms with Crippen LogP contribution in [0.5, 0.6) is 0 Å². The van der Waals surface area contributed by atoms with Crippen LogP contribution in [-0.2, 0) is 6.42 Å². The fraction of sp³-hybridized carbons (Fsp3) is 0.0200. The molecule has 0 saturated heterocycles. The number of amidine groups is 1. The molecule has 2 N–H and O–H groups in total. The predicted molar refractivity (Wildman–Crippen MR) is 228 cm³/mol. The highest BCUT2D eigenvalue weighted by molar-refractivity contribution is 6.19. The van der Waals surface area contributed by atoms with Crippen LogP contribution in [-0.4, -0.2) is 15.8 Å². The minimum atomic E-state index is 0.473. The first kappa shape index (κ1) is 33.0. The van der Waals surface area contributed by atoms with E-state index in [9.17, 15) is 0 Å². The van der Waals surface area contributed by atoms with Crippen LogP contribution in [0.1, 0.15) is 16.7 Å². The van der Waals surface area contributed by atoms with Crippen LogP contribution in [0.3, 0.4) is 0 Å². The number of furan rings is 2. The van der Waals surface area contributed by atoms with Crippen molar-refractivity contribution in [1.82, 2.24) is 9.97 Å². The summed E-state index contributed by atoms with van der Waals surface area (Å²) < 4.78 is 13.3. The van der Waals surface area contributed by atoms with Gasteiger partial charge in [0.05, 0.1) is 17.1 Å². The summed E-state index contributed by atoms with van der Waals surface area (Å²) in [5.74, 6) is 1.15. The molecule has 56 heavy (non-hydrogen) atoms. The van der Waals surface area contributed by atoms with Crippen molar-refractivity contribution in [3.63, 3.8) is 0 Å². The quantitative estimate of drug-likeness (QED) is 0.125. The second kappa shape index (κ2) is 14.0. The Morgan fingerprint density at radius 2 is 1.02 bits per heavy atom. The van der Waals surface area contributed by atoms with Crippen molar-refractivity contribution in [1.29, 1.82) is 0 Å². The van der Waals surface area contributed by atoms with Crippen molar-refractivity contribution in [2.75, 3.05) is 0 Å². The predicted octanol–water partition coefficient (Wildman–Crippen LogP) is 12.3. The van der Waals surface area contributed by atoms with Crippen molar-refractivity contribution >= 4 is 55.4 Å². The van der Waals surface area contributed by atoms with Gasteiger partial charge in [-0.2, -0.15) is 0 Å². The van der Waals surface area contributed by atoms with Crippen molar-refractivity contribution < 1.29 is 8.83 Å². The Morgan fingerprint density at radius 3 is 1.66 bits per heavy atom. The minimum absolute atomic E-state index is 0.473. The van der Waals surface area contributed by atoms with E-state index in [-0.39, 0.29) is 0 Å². The summed E-state index contributed by atoms with van der Waals surface area (Å²) in [6.45, 7) is 0. The lowest BCUT2D eigenvalue weighted by molar-refractivity contribution is 0.633. The number of nitrogens with zero attached hydrogens (tertiary/aromatic N) is 3. The molecule has 266 valence electrons. The molecule has 0 saturated carbocycles. The Bertz CT molecular complexity index is 3040. The number of allylic oxidation sites excluding steroid dienone is 1. The SMILES string of the molecule is NC(=N/C(=C\Cc1ccc2c(c1)oc1c2ccc2c3ccc(-c4cc(-c5ccccc5)nc(-c5ccccc5)n4)cc3oc21)c1ccccc1)c1ccccc1. The molecule has 3 aromatic heterocycles. The third-order valence-electron chi connectivity index (χ3n) is 10.2. The van der Waals surface area contributed by atoms with Gasteiger partial charge >= 0.3 is 0 Å². The molecule has 0 radical (unpaired) electrons. The molecule has 7 aromatic carbocycles. The lowest BCUT2D eigenvalue weighted by Crippen LogP contribution is -2.13. The van der Waals surface area contributed by atoms with Crippen LogP contribution in [0.15, 0.2) is 196 Å². The van der Waals surface area contributed by atoms with Gasteiger partial charge < -0.3 is 14.6 Å². The van der Waals surface area contributed by atoms with Gasteiger partial charge in [0, 0.05) is 43.8 Å². The molecule has 6 heteroatoms. The molecule has 0 unspecified atom stereocenters. The van der Waals surface area contributed by atoms with E-state index in [2.05, 4.69) is 78.9 Å². The smallest absolute Gasteiger partial charge is 0.178 e. The van der Waals surface area contributed by atoms with E-state index < -0.39 is 0 Å². The molecule has 0 amide bonds. The van der Waals surface area contributed by atoms with Gasteiger partial charge in [0.1, 0.15) is 17.0 Å². The van der Waals surface area contributed by atoms with E-state index in [1.807, 2.05) is 103 Å². The molecular formula is C50H34N4O2. The molecule has 0 atom stereocenters. The van der Waals surface area contributed by atoms with Gasteiger partial charge in [0.15, 0.2) is 17.0 Å². The van der Waals surface area contributed by atoms with Crippen molar-refractivity contribution in [2.24, 2.45) is 10.7 Å². The fourth-order valence-electron chi connectivity index (χ4n) is 7.32. The number of aliphatic imine (C=N–C) groups is 1. The zero-order valence-corrected chi connectivity index (χ0v) is 30.3. The zero-order valence-electron chi connectivity index (χ0n) is 30.3. The largest absolute Gasteiger partial charge is 0.452 e. The summed E-state index contributed by atoms with van der Waals surface area (Å²) >= 11 is 0. The maximum Gasteiger partial charge on any atom is 0.178 e. The van der Waals surface area contributed by atoms with Crippen molar-refractivity contribution in [3.8, 4) is 33.9 Å². The Morgan fingerprint density at radius 1 is 0.500 bits per heavy atom. The summed E-state index contributed by atoms with van der Waals surface area (Å²) in [6.07, 6.45) is 2.76. The average molecular weight is 723 g/mol. The summed E-state index contributed by atoms with van der Waals surface area (Å²) in [6, 6.07) is 59.2. The maximum atomic E-state index is 6.65. The second-order valence-corrected chi connectivity index (χ2v) is 13.8. The molecule has 0 aliphatic rings. The van der Waals surface area contributed by atoms with Gasteiger partial charge in [-0.15, -0.1) is 0 Å². The first-order valence-electron chi connectivity index (χ1n) is 18.6. The highest BCUT2D eigenvalue weighted by atomic mass is 16.4. The third kappa shape index (κ3) is 6.19. The molecular weight excluding hydrogens is 689 g/mol. The van der Waals surface area contributed by atoms with Crippen LogP contribution in [0, 0.1) is 0 Å². The monoisotopic (exact) mass is 722 g/mol. The number of aromatic nitrogens is 2. The second-order valence-electron chi connectivity index (χ2n) is 13.8. The van der Waals surface area contributed by atoms with Gasteiger partial charge in [-0.3, -0.25) is 0 Å². The van der Waals surface area contributed by atoms with Gasteiger partial charge in [-0.25, -0.2) is 15.0 Å². The molecule has 0 aliphatic heterocycles. The summed E-state index contributed by atoms with van der Waals surface area (Å²) in [4.78, 5) is 14.8. The van der Waals surface area contributed by atoms with E-state index in [1.165, 1.54) is 0 Å². The lowest BCUT2D eigenvalue weighted by atomic mass is 10.0. The molecule has 0 fully saturated rings. The number of hydrogen-bond donors (Lipinski definition) is 1. The third-order valence-corrected chi connectivity index (χ3v) is 10.2. The highest BCUT2D eigenvalue weighted by Gasteiger charge is 2.18. The van der Waals surface area contributed by atoms with Crippen LogP contribution in [0.2, 0.25) is 0 Å². The summed E-state index contributed by atoms with van der Waals surface area (Å²) in [7, 11) is 0. The number of benzene rings is 7. The van der Waals surface area contributed by atoms with Gasteiger partial charge in [-0.05, 0) is 53.9 Å². The fourth-order valence-corrected chi connectivity index (χ4v) is 7.32. The highest BCUT2D eigenvalue weighted by Crippen LogP contribution is 2.40. The van der Waals surface area contributed by atoms with Crippen molar-refractivity contribution in [2.45, 2.75) is 6.42 Å². The summed E-state index contributed by atoms with van der Waals surface area (Å²) in [5, 5.41) is 4.06. The van der Waals surface area contributed by atoms with Crippen LogP contribution in [0.25, 0.3) is 83.5 Å². The Balaban J connectivity index is 1.02. The van der Waals surface area contributed by atoms with Gasteiger partial charge in [0.2, 0.25) is 0 Å². The standard InChI is InChI=1S/C50H34N4O2/c51-49(35-17-9-3-10-18-35)52-42(33-13-5-1-6-14-33)28-22-32-21-24-38-40-26-27-41-39-25-23-37(30-46(39)56-48(41)47(40)55-45(38)29-32)44-31-43(34-15-7-2-8-16-34)53-50(54-44)36-19-11-4-12-20-36/h1-21,23-31H,22H2,(H2,51,52)/b42-28-. The van der Waals surface area contributed by atoms with E-state index in [1.54, 1.807) is 0 Å². The molecule has 0 bridgehead atoms. The molecule has 0 aliphatic carbocycles. The van der Waals surface area contributed by atoms with Gasteiger partial charge in [-0.1, -0.05) is 146 Å². The average Bonchev–Trinajstić information content (AvgIpc) is 3.84. The minimum Gasteiger partial charge on any atom is -0.452 e. The Hall–Kier alpha value is -7.57. The Labute approximate surface area is 322 Å². The van der Waals surface area contributed by atoms with E-state index in [4.69, 9.17) is 29.5 Å². The first-order chi connectivity index (χ1) is 27.6. The molecule has 3 heterocycles. The topological polar surface area (TPSA) is 90.4 Å². The molecule has 6 nitrogen and oxygen atoms in total. The summed E-state index contributed by atoms with van der Waals surface area (Å²) in [5.41, 5.74) is 17.9. The zero-order chi connectivity index (χ0) is 37.4. The van der Waals surface area contributed by atoms with Crippen LogP contribution < -0.4 is 5.73 Å². The van der Waals surface area contributed by atoms with E-state index in [0.29, 0.717) is 18.1 Å². The molecule has 10 aromatic rings. The number of nitrogens with two attached hydrogens (primary N) is 1. The van der Waals surface area contributed by atoms with Crippen LogP contribution in [0.4, 0.5) is 0 Å². The number of fused-ring (bicyclic) bond motifs is 7. The molecule has 0 spiro atoms. The molecule has 10 rings (SSSR count). The lowest BCUT2D eigenvalue weighted by Gasteiger charge is -2.09. The Kier molecular flexibility index (Phi) is 8.26. The van der Waals surface area contributed by atoms with Gasteiger partial charge in [0.25, 0.3) is 0 Å². The number of rotatable bonds is 8. The van der Waals surface area contributed by atoms with Crippen molar-refractivity contribution in [3.05, 3.63) is 199 Å². The number of hydrogen-bond acceptors (Lipinski definition) is 5.